The SMILES string of the molecule is COc1ccc2[nH]c(=S)n(CCSC(F)(F)F)c2n1. The molecule has 1 N–H and O–H groups in total. The topological polar surface area (TPSA) is 42.8 Å². The zero-order chi connectivity index (χ0) is 14.0. The molecule has 0 aliphatic heterocycles. The first kappa shape index (κ1) is 14.2. The Hall–Kier alpha value is -1.22. The van der Waals surface area contributed by atoms with Crippen LogP contribution in [0.15, 0.2) is 12.1 Å². The molecule has 0 aromatic carbocycles. The van der Waals surface area contributed by atoms with Crippen molar-refractivity contribution in [3.63, 3.8) is 0 Å². The first-order valence-corrected chi connectivity index (χ1v) is 6.64. The van der Waals surface area contributed by atoms with E-state index in [2.05, 4.69) is 9.97 Å². The molecule has 2 heterocycles. The molecule has 4 nitrogen and oxygen atoms in total. The number of ether oxygens (including phenoxy) is 1. The Balaban J connectivity index is 2.26. The predicted octanol–water partition coefficient (Wildman–Crippen LogP) is 3.36. The zero-order valence-corrected chi connectivity index (χ0v) is 11.5. The van der Waals surface area contributed by atoms with Crippen molar-refractivity contribution in [1.29, 1.82) is 0 Å². The molecular formula is C10H10F3N3OS2. The number of pyridine rings is 1. The van der Waals surface area contributed by atoms with E-state index in [9.17, 15) is 13.2 Å². The number of H-pyrrole nitrogens is 1. The number of aromatic amines is 1. The molecular weight excluding hydrogens is 299 g/mol. The molecule has 0 radical (unpaired) electrons. The highest BCUT2D eigenvalue weighted by Gasteiger charge is 2.27. The molecule has 104 valence electrons. The van der Waals surface area contributed by atoms with Crippen molar-refractivity contribution in [3.05, 3.63) is 16.9 Å². The quantitative estimate of drug-likeness (QED) is 0.880. The largest absolute Gasteiger partial charge is 0.481 e. The zero-order valence-electron chi connectivity index (χ0n) is 9.82. The lowest BCUT2D eigenvalue weighted by Crippen LogP contribution is -2.07. The van der Waals surface area contributed by atoms with Gasteiger partial charge in [-0.1, -0.05) is 0 Å². The molecule has 0 fully saturated rings. The van der Waals surface area contributed by atoms with Gasteiger partial charge in [-0.3, -0.25) is 0 Å². The minimum atomic E-state index is -4.24. The smallest absolute Gasteiger partial charge is 0.441 e. The van der Waals surface area contributed by atoms with Crippen molar-refractivity contribution >= 4 is 35.1 Å². The number of nitrogens with one attached hydrogen (secondary N) is 1. The predicted molar refractivity (Wildman–Crippen MR) is 70.0 cm³/mol. The number of halogens is 3. The van der Waals surface area contributed by atoms with Crippen LogP contribution in [-0.2, 0) is 6.54 Å². The van der Waals surface area contributed by atoms with Gasteiger partial charge in [0.25, 0.3) is 0 Å². The lowest BCUT2D eigenvalue weighted by Gasteiger charge is -2.07. The standard InChI is InChI=1S/C10H10F3N3OS2/c1-17-7-3-2-6-8(15-7)16(9(18)14-6)4-5-19-10(11,12)13/h2-3H,4-5H2,1H3,(H,14,18). The van der Waals surface area contributed by atoms with E-state index in [1.54, 1.807) is 12.1 Å². The van der Waals surface area contributed by atoms with E-state index in [1.165, 1.54) is 11.7 Å². The number of fused-ring (bicyclic) bond motifs is 1. The molecule has 0 atom stereocenters. The fourth-order valence-electron chi connectivity index (χ4n) is 1.59. The van der Waals surface area contributed by atoms with Gasteiger partial charge in [0.15, 0.2) is 10.4 Å². The van der Waals surface area contributed by atoms with Crippen LogP contribution in [-0.4, -0.2) is 32.9 Å². The summed E-state index contributed by atoms with van der Waals surface area (Å²) >= 11 is 4.99. The summed E-state index contributed by atoms with van der Waals surface area (Å²) in [4.78, 5) is 7.08. The van der Waals surface area contributed by atoms with Gasteiger partial charge in [0.2, 0.25) is 5.88 Å². The van der Waals surface area contributed by atoms with E-state index in [1.807, 2.05) is 0 Å². The van der Waals surface area contributed by atoms with Gasteiger partial charge in [-0.25, -0.2) is 0 Å². The Morgan fingerprint density at radius 2 is 2.21 bits per heavy atom. The van der Waals surface area contributed by atoms with Crippen molar-refractivity contribution in [1.82, 2.24) is 14.5 Å². The van der Waals surface area contributed by atoms with Crippen LogP contribution < -0.4 is 4.74 Å². The number of aryl methyl sites for hydroxylation is 1. The number of alkyl halides is 3. The van der Waals surface area contributed by atoms with Crippen LogP contribution >= 0.6 is 24.0 Å². The highest BCUT2D eigenvalue weighted by Crippen LogP contribution is 2.30. The molecule has 2 aromatic rings. The van der Waals surface area contributed by atoms with Gasteiger partial charge in [0.05, 0.1) is 12.6 Å². The van der Waals surface area contributed by atoms with Gasteiger partial charge >= 0.3 is 5.51 Å². The van der Waals surface area contributed by atoms with Crippen LogP contribution in [0, 0.1) is 4.77 Å². The molecule has 0 aliphatic rings. The van der Waals surface area contributed by atoms with E-state index in [0.29, 0.717) is 21.8 Å². The lowest BCUT2D eigenvalue weighted by atomic mass is 10.4. The van der Waals surface area contributed by atoms with Crippen LogP contribution in [0.4, 0.5) is 13.2 Å². The van der Waals surface area contributed by atoms with Crippen molar-refractivity contribution in [2.75, 3.05) is 12.9 Å². The Bertz CT molecular complexity index is 635. The molecule has 0 aliphatic carbocycles. The summed E-state index contributed by atoms with van der Waals surface area (Å²) in [5.41, 5.74) is -3.07. The number of aromatic nitrogens is 3. The number of hydrogen-bond acceptors (Lipinski definition) is 4. The third-order valence-electron chi connectivity index (χ3n) is 2.38. The molecule has 0 unspecified atom stereocenters. The van der Waals surface area contributed by atoms with E-state index >= 15 is 0 Å². The molecule has 2 aromatic heterocycles. The highest BCUT2D eigenvalue weighted by atomic mass is 32.2. The van der Waals surface area contributed by atoms with Crippen molar-refractivity contribution < 1.29 is 17.9 Å². The number of rotatable bonds is 4. The Morgan fingerprint density at radius 3 is 2.84 bits per heavy atom. The number of thioether (sulfide) groups is 1. The Kier molecular flexibility index (Phi) is 4.04. The third-order valence-corrected chi connectivity index (χ3v) is 3.42. The number of hydrogen-bond donors (Lipinski definition) is 1. The maximum Gasteiger partial charge on any atom is 0.441 e. The highest BCUT2D eigenvalue weighted by molar-refractivity contribution is 8.00. The molecule has 9 heteroatoms. The maximum absolute atomic E-state index is 12.1. The summed E-state index contributed by atoms with van der Waals surface area (Å²) in [6, 6.07) is 3.38. The summed E-state index contributed by atoms with van der Waals surface area (Å²) in [6.45, 7) is 0.128. The van der Waals surface area contributed by atoms with Crippen molar-refractivity contribution in [2.24, 2.45) is 0 Å². The third kappa shape index (κ3) is 3.41. The van der Waals surface area contributed by atoms with Crippen LogP contribution in [0.5, 0.6) is 5.88 Å². The number of methoxy groups -OCH3 is 1. The second-order valence-corrected chi connectivity index (χ2v) is 5.15. The normalized spacial score (nSPS) is 12.0. The van der Waals surface area contributed by atoms with E-state index in [4.69, 9.17) is 17.0 Å². The second kappa shape index (κ2) is 5.41. The van der Waals surface area contributed by atoms with Crippen molar-refractivity contribution in [3.8, 4) is 5.88 Å². The minimum absolute atomic E-state index is 0.0810. The molecule has 19 heavy (non-hydrogen) atoms. The van der Waals surface area contributed by atoms with Gasteiger partial charge in [0, 0.05) is 18.4 Å². The average molecular weight is 309 g/mol. The van der Waals surface area contributed by atoms with E-state index < -0.39 is 5.51 Å². The van der Waals surface area contributed by atoms with Gasteiger partial charge in [0.1, 0.15) is 0 Å². The summed E-state index contributed by atoms with van der Waals surface area (Å²) < 4.78 is 43.2. The molecule has 0 saturated heterocycles. The second-order valence-electron chi connectivity index (χ2n) is 3.60. The lowest BCUT2D eigenvalue weighted by molar-refractivity contribution is -0.0328. The monoisotopic (exact) mass is 309 g/mol. The van der Waals surface area contributed by atoms with E-state index in [0.717, 1.165) is 0 Å². The summed E-state index contributed by atoms with van der Waals surface area (Å²) in [5.74, 6) is 0.266. The maximum atomic E-state index is 12.1. The average Bonchev–Trinajstić information content (AvgIpc) is 2.63. The first-order chi connectivity index (χ1) is 8.90. The van der Waals surface area contributed by atoms with Gasteiger partial charge < -0.3 is 14.3 Å². The van der Waals surface area contributed by atoms with Crippen LogP contribution in [0.1, 0.15) is 0 Å². The summed E-state index contributed by atoms with van der Waals surface area (Å²) in [7, 11) is 1.47. The Morgan fingerprint density at radius 1 is 1.47 bits per heavy atom. The number of imidazole rings is 1. The van der Waals surface area contributed by atoms with Crippen molar-refractivity contribution in [2.45, 2.75) is 12.1 Å². The molecule has 0 amide bonds. The van der Waals surface area contributed by atoms with Gasteiger partial charge in [-0.05, 0) is 30.0 Å². The summed E-state index contributed by atoms with van der Waals surface area (Å²) in [6.07, 6.45) is 0. The molecule has 0 spiro atoms. The van der Waals surface area contributed by atoms with Gasteiger partial charge in [-0.2, -0.15) is 18.2 Å². The van der Waals surface area contributed by atoms with Crippen LogP contribution in [0.3, 0.4) is 0 Å². The fourth-order valence-corrected chi connectivity index (χ4v) is 2.38. The minimum Gasteiger partial charge on any atom is -0.481 e. The van der Waals surface area contributed by atoms with Crippen LogP contribution in [0.2, 0.25) is 0 Å². The molecule has 0 bridgehead atoms. The Labute approximate surface area is 116 Å². The van der Waals surface area contributed by atoms with Crippen LogP contribution in [0.25, 0.3) is 11.2 Å². The first-order valence-electron chi connectivity index (χ1n) is 5.25. The fraction of sp³-hybridized carbons (Fsp3) is 0.400. The molecule has 2 rings (SSSR count). The number of nitrogens with zero attached hydrogens (tertiary/aromatic N) is 2. The summed E-state index contributed by atoms with van der Waals surface area (Å²) in [5, 5.41) is 0. The van der Waals surface area contributed by atoms with E-state index in [-0.39, 0.29) is 24.1 Å². The molecule has 0 saturated carbocycles. The van der Waals surface area contributed by atoms with Gasteiger partial charge in [-0.15, -0.1) is 0 Å².